The van der Waals surface area contributed by atoms with E-state index in [0.29, 0.717) is 17.0 Å². The van der Waals surface area contributed by atoms with Gasteiger partial charge in [0.1, 0.15) is 12.1 Å². The van der Waals surface area contributed by atoms with Gasteiger partial charge in [-0.3, -0.25) is 0 Å². The van der Waals surface area contributed by atoms with Crippen molar-refractivity contribution in [2.24, 2.45) is 0 Å². The zero-order valence-corrected chi connectivity index (χ0v) is 15.5. The Balaban J connectivity index is 1.78. The van der Waals surface area contributed by atoms with Gasteiger partial charge in [-0.2, -0.15) is 0 Å². The van der Waals surface area contributed by atoms with E-state index >= 15 is 0 Å². The summed E-state index contributed by atoms with van der Waals surface area (Å²) in [7, 11) is -3.78. The highest BCUT2D eigenvalue weighted by molar-refractivity contribution is 7.89. The molecule has 0 fully saturated rings. The molecule has 5 nitrogen and oxygen atoms in total. The molecule has 1 heterocycles. The molecule has 0 amide bonds. The summed E-state index contributed by atoms with van der Waals surface area (Å²) in [5.74, 6) is -0.350. The molecule has 1 N–H and O–H groups in total. The number of aromatic nitrogens is 2. The van der Waals surface area contributed by atoms with Crippen molar-refractivity contribution in [3.8, 4) is 11.3 Å². The first-order chi connectivity index (χ1) is 12.3. The van der Waals surface area contributed by atoms with Crippen LogP contribution in [0.5, 0.6) is 0 Å². The SMILES string of the molecule is O=S(=O)(NCc1cc(-c2ccc(F)cc2)ncn1)c1ccc(Cl)c(Cl)c1. The molecule has 0 aliphatic carbocycles. The van der Waals surface area contributed by atoms with Gasteiger partial charge in [-0.1, -0.05) is 23.2 Å². The summed E-state index contributed by atoms with van der Waals surface area (Å²) >= 11 is 11.7. The standard InChI is InChI=1S/C17H12Cl2FN3O2S/c18-15-6-5-14(8-16(15)19)26(24,25)23-9-13-7-17(22-10-21-13)11-1-3-12(20)4-2-11/h1-8,10,23H,9H2. The number of nitrogens with one attached hydrogen (secondary N) is 1. The molecule has 3 aromatic rings. The summed E-state index contributed by atoms with van der Waals surface area (Å²) in [5, 5.41) is 0.417. The van der Waals surface area contributed by atoms with Crippen molar-refractivity contribution in [2.45, 2.75) is 11.4 Å². The van der Waals surface area contributed by atoms with Gasteiger partial charge in [0.15, 0.2) is 0 Å². The summed E-state index contributed by atoms with van der Waals surface area (Å²) in [6.07, 6.45) is 1.32. The molecule has 0 saturated carbocycles. The monoisotopic (exact) mass is 411 g/mol. The van der Waals surface area contributed by atoms with E-state index in [4.69, 9.17) is 23.2 Å². The van der Waals surface area contributed by atoms with E-state index in [9.17, 15) is 12.8 Å². The van der Waals surface area contributed by atoms with Gasteiger partial charge in [-0.25, -0.2) is 27.5 Å². The van der Waals surface area contributed by atoms with Crippen molar-refractivity contribution in [3.63, 3.8) is 0 Å². The maximum Gasteiger partial charge on any atom is 0.240 e. The lowest BCUT2D eigenvalue weighted by atomic mass is 10.1. The van der Waals surface area contributed by atoms with Gasteiger partial charge in [0.25, 0.3) is 0 Å². The third-order valence-electron chi connectivity index (χ3n) is 3.51. The van der Waals surface area contributed by atoms with E-state index < -0.39 is 10.0 Å². The minimum atomic E-state index is -3.78. The highest BCUT2D eigenvalue weighted by Crippen LogP contribution is 2.25. The summed E-state index contributed by atoms with van der Waals surface area (Å²) in [4.78, 5) is 8.17. The van der Waals surface area contributed by atoms with E-state index in [2.05, 4.69) is 14.7 Å². The highest BCUT2D eigenvalue weighted by Gasteiger charge is 2.16. The Labute approximate surface area is 159 Å². The smallest absolute Gasteiger partial charge is 0.240 e. The fourth-order valence-electron chi connectivity index (χ4n) is 2.17. The average molecular weight is 412 g/mol. The van der Waals surface area contributed by atoms with Gasteiger partial charge >= 0.3 is 0 Å². The Hall–Kier alpha value is -2.06. The van der Waals surface area contributed by atoms with E-state index in [-0.39, 0.29) is 27.3 Å². The molecule has 26 heavy (non-hydrogen) atoms. The Kier molecular flexibility index (Phi) is 5.52. The number of sulfonamides is 1. The number of rotatable bonds is 5. The van der Waals surface area contributed by atoms with Crippen LogP contribution in [0.2, 0.25) is 10.0 Å². The molecule has 0 saturated heterocycles. The van der Waals surface area contributed by atoms with Crippen molar-refractivity contribution in [2.75, 3.05) is 0 Å². The number of nitrogens with zero attached hydrogens (tertiary/aromatic N) is 2. The quantitative estimate of drug-likeness (QED) is 0.686. The van der Waals surface area contributed by atoms with Gasteiger partial charge < -0.3 is 0 Å². The predicted molar refractivity (Wildman–Crippen MR) is 97.9 cm³/mol. The normalized spacial score (nSPS) is 11.5. The molecule has 1 aromatic heterocycles. The molecule has 0 aliphatic rings. The maximum atomic E-state index is 13.0. The molecule has 0 bridgehead atoms. The van der Waals surface area contributed by atoms with Gasteiger partial charge in [0.05, 0.1) is 32.9 Å². The first-order valence-electron chi connectivity index (χ1n) is 7.37. The van der Waals surface area contributed by atoms with Crippen molar-refractivity contribution in [1.82, 2.24) is 14.7 Å². The summed E-state index contributed by atoms with van der Waals surface area (Å²) in [6.45, 7) is -0.0424. The molecule has 0 unspecified atom stereocenters. The van der Waals surface area contributed by atoms with Crippen molar-refractivity contribution in [1.29, 1.82) is 0 Å². The Morgan fingerprint density at radius 2 is 1.69 bits per heavy atom. The van der Waals surface area contributed by atoms with Crippen LogP contribution in [0.25, 0.3) is 11.3 Å². The van der Waals surface area contributed by atoms with E-state index in [1.165, 1.54) is 36.7 Å². The van der Waals surface area contributed by atoms with Crippen LogP contribution in [0.1, 0.15) is 5.69 Å². The van der Waals surface area contributed by atoms with Crippen LogP contribution in [-0.4, -0.2) is 18.4 Å². The minimum Gasteiger partial charge on any atom is -0.240 e. The topological polar surface area (TPSA) is 72.0 Å². The number of hydrogen-bond acceptors (Lipinski definition) is 4. The van der Waals surface area contributed by atoms with Crippen LogP contribution in [0, 0.1) is 5.82 Å². The van der Waals surface area contributed by atoms with Gasteiger partial charge in [0, 0.05) is 5.56 Å². The zero-order chi connectivity index (χ0) is 18.7. The molecular formula is C17H12Cl2FN3O2S. The first kappa shape index (κ1) is 18.7. The van der Waals surface area contributed by atoms with Gasteiger partial charge in [-0.15, -0.1) is 0 Å². The lowest BCUT2D eigenvalue weighted by Crippen LogP contribution is -2.23. The molecule has 0 radical (unpaired) electrons. The zero-order valence-electron chi connectivity index (χ0n) is 13.2. The number of hydrogen-bond donors (Lipinski definition) is 1. The fraction of sp³-hybridized carbons (Fsp3) is 0.0588. The lowest BCUT2D eigenvalue weighted by molar-refractivity contribution is 0.580. The molecule has 2 aromatic carbocycles. The number of halogens is 3. The van der Waals surface area contributed by atoms with Crippen molar-refractivity contribution in [3.05, 3.63) is 76.4 Å². The third kappa shape index (κ3) is 4.37. The van der Waals surface area contributed by atoms with E-state index in [0.717, 1.165) is 0 Å². The molecule has 134 valence electrons. The van der Waals surface area contributed by atoms with Gasteiger partial charge in [0.2, 0.25) is 10.0 Å². The van der Waals surface area contributed by atoms with Crippen LogP contribution in [0.15, 0.2) is 59.8 Å². The van der Waals surface area contributed by atoms with Crippen LogP contribution in [0.4, 0.5) is 4.39 Å². The third-order valence-corrected chi connectivity index (χ3v) is 5.65. The van der Waals surface area contributed by atoms with Gasteiger partial charge in [-0.05, 0) is 48.5 Å². The largest absolute Gasteiger partial charge is 0.240 e. The summed E-state index contributed by atoms with van der Waals surface area (Å²) in [6, 6.07) is 11.5. The molecule has 0 aliphatic heterocycles. The maximum absolute atomic E-state index is 13.0. The van der Waals surface area contributed by atoms with E-state index in [1.54, 1.807) is 18.2 Å². The molecule has 0 atom stereocenters. The van der Waals surface area contributed by atoms with E-state index in [1.807, 2.05) is 0 Å². The average Bonchev–Trinajstić information content (AvgIpc) is 2.63. The Morgan fingerprint density at radius 1 is 0.962 bits per heavy atom. The van der Waals surface area contributed by atoms with Crippen molar-refractivity contribution < 1.29 is 12.8 Å². The lowest BCUT2D eigenvalue weighted by Gasteiger charge is -2.08. The molecule has 9 heteroatoms. The fourth-order valence-corrected chi connectivity index (χ4v) is 3.56. The molecule has 3 rings (SSSR count). The summed E-state index contributed by atoms with van der Waals surface area (Å²) in [5.41, 5.74) is 1.72. The minimum absolute atomic E-state index is 0.000265. The van der Waals surface area contributed by atoms with Crippen LogP contribution in [-0.2, 0) is 16.6 Å². The predicted octanol–water partition coefficient (Wildman–Crippen LogP) is 4.07. The van der Waals surface area contributed by atoms with Crippen LogP contribution >= 0.6 is 23.2 Å². The van der Waals surface area contributed by atoms with Crippen LogP contribution < -0.4 is 4.72 Å². The second-order valence-corrected chi connectivity index (χ2v) is 7.88. The second-order valence-electron chi connectivity index (χ2n) is 5.30. The first-order valence-corrected chi connectivity index (χ1v) is 9.61. The van der Waals surface area contributed by atoms with Crippen LogP contribution in [0.3, 0.4) is 0 Å². The number of benzene rings is 2. The molecule has 0 spiro atoms. The highest BCUT2D eigenvalue weighted by atomic mass is 35.5. The second kappa shape index (κ2) is 7.67. The Morgan fingerprint density at radius 3 is 2.38 bits per heavy atom. The molecular weight excluding hydrogens is 400 g/mol. The Bertz CT molecular complexity index is 1040. The van der Waals surface area contributed by atoms with Crippen molar-refractivity contribution >= 4 is 33.2 Å². The summed E-state index contributed by atoms with van der Waals surface area (Å²) < 4.78 is 40.2.